The number of fused-ring (bicyclic) bond motifs is 1. The van der Waals surface area contributed by atoms with E-state index in [4.69, 9.17) is 4.74 Å². The van der Waals surface area contributed by atoms with Gasteiger partial charge in [-0.25, -0.2) is 8.78 Å². The molecule has 1 aliphatic heterocycles. The van der Waals surface area contributed by atoms with E-state index in [1.165, 1.54) is 19.2 Å². The quantitative estimate of drug-likeness (QED) is 0.717. The summed E-state index contributed by atoms with van der Waals surface area (Å²) < 4.78 is 32.3. The van der Waals surface area contributed by atoms with Crippen LogP contribution in [0.2, 0.25) is 0 Å². The Labute approximate surface area is 163 Å². The summed E-state index contributed by atoms with van der Waals surface area (Å²) in [4.78, 5) is 8.06. The summed E-state index contributed by atoms with van der Waals surface area (Å²) in [6, 6.07) is 9.99. The number of rotatable bonds is 5. The molecule has 0 bridgehead atoms. The summed E-state index contributed by atoms with van der Waals surface area (Å²) in [6.45, 7) is 6.72. The van der Waals surface area contributed by atoms with Crippen molar-refractivity contribution in [2.75, 3.05) is 44.7 Å². The van der Waals surface area contributed by atoms with Crippen LogP contribution < -0.4 is 9.64 Å². The molecule has 2 heterocycles. The molecule has 0 unspecified atom stereocenters. The minimum Gasteiger partial charge on any atom is -0.494 e. The van der Waals surface area contributed by atoms with E-state index in [-0.39, 0.29) is 17.4 Å². The number of halogens is 2. The van der Waals surface area contributed by atoms with Crippen LogP contribution in [0.4, 0.5) is 14.5 Å². The molecule has 0 spiro atoms. The monoisotopic (exact) mass is 385 g/mol. The van der Waals surface area contributed by atoms with Gasteiger partial charge in [-0.3, -0.25) is 4.90 Å². The van der Waals surface area contributed by atoms with Gasteiger partial charge in [0.15, 0.2) is 11.6 Å². The van der Waals surface area contributed by atoms with Gasteiger partial charge in [-0.2, -0.15) is 0 Å². The molecule has 3 aromatic rings. The fourth-order valence-corrected chi connectivity index (χ4v) is 4.02. The minimum absolute atomic E-state index is 0.203. The summed E-state index contributed by atoms with van der Waals surface area (Å²) in [6.07, 6.45) is 0.869. The van der Waals surface area contributed by atoms with Gasteiger partial charge in [-0.1, -0.05) is 0 Å². The lowest BCUT2D eigenvalue weighted by molar-refractivity contribution is 0.261. The summed E-state index contributed by atoms with van der Waals surface area (Å²) >= 11 is 0. The zero-order chi connectivity index (χ0) is 19.7. The summed E-state index contributed by atoms with van der Waals surface area (Å²) in [5.74, 6) is -0.272. The van der Waals surface area contributed by atoms with Crippen LogP contribution in [0.1, 0.15) is 11.3 Å². The first-order valence-electron chi connectivity index (χ1n) is 9.62. The van der Waals surface area contributed by atoms with Crippen molar-refractivity contribution in [2.45, 2.75) is 13.3 Å². The Balaban J connectivity index is 1.39. The number of aromatic amines is 1. The van der Waals surface area contributed by atoms with E-state index in [1.54, 1.807) is 12.1 Å². The van der Waals surface area contributed by atoms with Gasteiger partial charge in [0.2, 0.25) is 0 Å². The molecule has 1 saturated heterocycles. The SMILES string of the molecule is COc1cc2[nH]c(C)c(CCN3CCN(c4ccc(F)cc4)CC3)c2cc1F. The molecule has 0 amide bonds. The van der Waals surface area contributed by atoms with E-state index < -0.39 is 0 Å². The van der Waals surface area contributed by atoms with Gasteiger partial charge in [0.25, 0.3) is 0 Å². The number of H-pyrrole nitrogens is 1. The molecule has 1 aliphatic rings. The number of ether oxygens (including phenoxy) is 1. The zero-order valence-corrected chi connectivity index (χ0v) is 16.3. The van der Waals surface area contributed by atoms with Gasteiger partial charge < -0.3 is 14.6 Å². The van der Waals surface area contributed by atoms with Crippen molar-refractivity contribution in [3.63, 3.8) is 0 Å². The van der Waals surface area contributed by atoms with Crippen molar-refractivity contribution in [1.82, 2.24) is 9.88 Å². The molecular formula is C22H25F2N3O. The number of anilines is 1. The third kappa shape index (κ3) is 3.69. The number of hydrogen-bond acceptors (Lipinski definition) is 3. The lowest BCUT2D eigenvalue weighted by atomic mass is 10.1. The van der Waals surface area contributed by atoms with Crippen LogP contribution in [0.5, 0.6) is 5.75 Å². The number of nitrogens with one attached hydrogen (secondary N) is 1. The lowest BCUT2D eigenvalue weighted by Crippen LogP contribution is -2.47. The second-order valence-corrected chi connectivity index (χ2v) is 7.32. The van der Waals surface area contributed by atoms with Crippen LogP contribution in [0, 0.1) is 18.6 Å². The highest BCUT2D eigenvalue weighted by Gasteiger charge is 2.19. The molecule has 0 atom stereocenters. The molecule has 1 aromatic heterocycles. The van der Waals surface area contributed by atoms with E-state index in [1.807, 2.05) is 19.1 Å². The van der Waals surface area contributed by atoms with Crippen molar-refractivity contribution in [3.05, 3.63) is 59.3 Å². The molecular weight excluding hydrogens is 360 g/mol. The Morgan fingerprint density at radius 3 is 2.43 bits per heavy atom. The van der Waals surface area contributed by atoms with E-state index in [0.717, 1.165) is 67.0 Å². The van der Waals surface area contributed by atoms with Crippen molar-refractivity contribution in [1.29, 1.82) is 0 Å². The number of methoxy groups -OCH3 is 1. The summed E-state index contributed by atoms with van der Waals surface area (Å²) in [5, 5.41) is 0.931. The van der Waals surface area contributed by atoms with E-state index in [0.29, 0.717) is 0 Å². The topological polar surface area (TPSA) is 31.5 Å². The fourth-order valence-electron chi connectivity index (χ4n) is 4.02. The molecule has 1 N–H and O–H groups in total. The van der Waals surface area contributed by atoms with Crippen LogP contribution in [0.25, 0.3) is 10.9 Å². The third-order valence-electron chi connectivity index (χ3n) is 5.63. The maximum atomic E-state index is 14.2. The lowest BCUT2D eigenvalue weighted by Gasteiger charge is -2.36. The first-order chi connectivity index (χ1) is 13.5. The summed E-state index contributed by atoms with van der Waals surface area (Å²) in [5.41, 5.74) is 4.22. The second kappa shape index (κ2) is 7.80. The number of aryl methyl sites for hydroxylation is 1. The van der Waals surface area contributed by atoms with Gasteiger partial charge in [-0.05, 0) is 49.2 Å². The standard InChI is InChI=1S/C22H25F2N3O/c1-15-18(19-13-20(24)22(28-2)14-21(19)25-15)7-8-26-9-11-27(12-10-26)17-5-3-16(23)4-6-17/h3-6,13-14,25H,7-12H2,1-2H3. The number of nitrogens with zero attached hydrogens (tertiary/aromatic N) is 2. The van der Waals surface area contributed by atoms with E-state index in [9.17, 15) is 8.78 Å². The maximum absolute atomic E-state index is 14.2. The third-order valence-corrected chi connectivity index (χ3v) is 5.63. The fraction of sp³-hybridized carbons (Fsp3) is 0.364. The smallest absolute Gasteiger partial charge is 0.165 e. The van der Waals surface area contributed by atoms with Crippen LogP contribution in [0.3, 0.4) is 0 Å². The molecule has 0 radical (unpaired) electrons. The molecule has 4 rings (SSSR count). The Morgan fingerprint density at radius 1 is 1.04 bits per heavy atom. The Kier molecular flexibility index (Phi) is 5.22. The normalized spacial score (nSPS) is 15.4. The average molecular weight is 385 g/mol. The van der Waals surface area contributed by atoms with Crippen molar-refractivity contribution in [2.24, 2.45) is 0 Å². The van der Waals surface area contributed by atoms with Crippen LogP contribution in [-0.4, -0.2) is 49.7 Å². The first kappa shape index (κ1) is 18.7. The van der Waals surface area contributed by atoms with Crippen LogP contribution in [0.15, 0.2) is 36.4 Å². The Bertz CT molecular complexity index is 960. The van der Waals surface area contributed by atoms with Gasteiger partial charge in [0.1, 0.15) is 5.82 Å². The van der Waals surface area contributed by atoms with Crippen molar-refractivity contribution >= 4 is 16.6 Å². The molecule has 28 heavy (non-hydrogen) atoms. The molecule has 1 fully saturated rings. The van der Waals surface area contributed by atoms with Gasteiger partial charge in [0, 0.05) is 61.1 Å². The predicted molar refractivity (Wildman–Crippen MR) is 108 cm³/mol. The van der Waals surface area contributed by atoms with Gasteiger partial charge >= 0.3 is 0 Å². The maximum Gasteiger partial charge on any atom is 0.165 e. The minimum atomic E-state index is -0.330. The second-order valence-electron chi connectivity index (χ2n) is 7.32. The highest BCUT2D eigenvalue weighted by atomic mass is 19.1. The van der Waals surface area contributed by atoms with Gasteiger partial charge in [-0.15, -0.1) is 0 Å². The highest BCUT2D eigenvalue weighted by Crippen LogP contribution is 2.29. The molecule has 2 aromatic carbocycles. The number of aromatic nitrogens is 1. The zero-order valence-electron chi connectivity index (χ0n) is 16.3. The van der Waals surface area contributed by atoms with E-state index >= 15 is 0 Å². The number of piperazine rings is 1. The Hall–Kier alpha value is -2.60. The number of hydrogen-bond donors (Lipinski definition) is 1. The molecule has 0 saturated carbocycles. The molecule has 4 nitrogen and oxygen atoms in total. The van der Waals surface area contributed by atoms with Gasteiger partial charge in [0.05, 0.1) is 7.11 Å². The van der Waals surface area contributed by atoms with Crippen molar-refractivity contribution < 1.29 is 13.5 Å². The average Bonchev–Trinajstić information content (AvgIpc) is 3.01. The van der Waals surface area contributed by atoms with Crippen LogP contribution >= 0.6 is 0 Å². The molecule has 6 heteroatoms. The van der Waals surface area contributed by atoms with Crippen LogP contribution in [-0.2, 0) is 6.42 Å². The number of benzene rings is 2. The predicted octanol–water partition coefficient (Wildman–Crippen LogP) is 4.13. The first-order valence-corrected chi connectivity index (χ1v) is 9.62. The Morgan fingerprint density at radius 2 is 1.75 bits per heavy atom. The highest BCUT2D eigenvalue weighted by molar-refractivity contribution is 5.86. The molecule has 0 aliphatic carbocycles. The van der Waals surface area contributed by atoms with Crippen molar-refractivity contribution in [3.8, 4) is 5.75 Å². The largest absolute Gasteiger partial charge is 0.494 e. The van der Waals surface area contributed by atoms with E-state index in [2.05, 4.69) is 14.8 Å². The molecule has 148 valence electrons. The summed E-state index contributed by atoms with van der Waals surface area (Å²) in [7, 11) is 1.48.